The summed E-state index contributed by atoms with van der Waals surface area (Å²) in [5, 5.41) is 2.96. The summed E-state index contributed by atoms with van der Waals surface area (Å²) in [4.78, 5) is 25.1. The second-order valence-electron chi connectivity index (χ2n) is 7.05. The van der Waals surface area contributed by atoms with Crippen molar-refractivity contribution in [3.63, 3.8) is 0 Å². The van der Waals surface area contributed by atoms with Gasteiger partial charge >= 0.3 is 5.97 Å². The molecule has 1 amide bonds. The molecule has 1 N–H and O–H groups in total. The Morgan fingerprint density at radius 2 is 2.00 bits per heavy atom. The Balaban J connectivity index is 1.90. The van der Waals surface area contributed by atoms with Crippen LogP contribution in [0.3, 0.4) is 0 Å². The van der Waals surface area contributed by atoms with E-state index >= 15 is 0 Å². The van der Waals surface area contributed by atoms with Crippen molar-refractivity contribution in [3.8, 4) is 11.3 Å². The van der Waals surface area contributed by atoms with Gasteiger partial charge in [0.05, 0.1) is 24.0 Å². The number of amides is 1. The fourth-order valence-corrected chi connectivity index (χ4v) is 3.80. The Bertz CT molecular complexity index is 836. The number of carbonyl (C=O) groups excluding carboxylic acids is 2. The third-order valence-corrected chi connectivity index (χ3v) is 5.15. The molecule has 1 aliphatic rings. The quantitative estimate of drug-likeness (QED) is 0.744. The van der Waals surface area contributed by atoms with E-state index in [1.165, 1.54) is 0 Å². The molecular formula is C22H28N2O4. The standard InChI is InChI=1S/C22H28N2O4/c1-4-27-22(26)20-15(2)21(17-9-6-5-7-10-17)24(16(20)3)14-19(25)23-13-18-11-8-12-28-18/h5-7,9-10,18H,4,8,11-14H2,1-3H3,(H,23,25)/t18-/m0/s1. The Labute approximate surface area is 165 Å². The van der Waals surface area contributed by atoms with Gasteiger partial charge in [-0.3, -0.25) is 4.79 Å². The molecule has 0 unspecified atom stereocenters. The number of esters is 1. The van der Waals surface area contributed by atoms with Crippen molar-refractivity contribution in [1.82, 2.24) is 9.88 Å². The topological polar surface area (TPSA) is 69.6 Å². The van der Waals surface area contributed by atoms with E-state index in [0.29, 0.717) is 18.7 Å². The van der Waals surface area contributed by atoms with E-state index in [-0.39, 0.29) is 24.5 Å². The van der Waals surface area contributed by atoms with Crippen LogP contribution in [0.25, 0.3) is 11.3 Å². The minimum atomic E-state index is -0.354. The van der Waals surface area contributed by atoms with Gasteiger partial charge in [0.25, 0.3) is 0 Å². The number of ether oxygens (including phenoxy) is 2. The molecule has 6 nitrogen and oxygen atoms in total. The average molecular weight is 384 g/mol. The van der Waals surface area contributed by atoms with Crippen LogP contribution in [0.4, 0.5) is 0 Å². The molecule has 1 fully saturated rings. The second-order valence-corrected chi connectivity index (χ2v) is 7.05. The van der Waals surface area contributed by atoms with E-state index < -0.39 is 0 Å². The van der Waals surface area contributed by atoms with Crippen LogP contribution >= 0.6 is 0 Å². The van der Waals surface area contributed by atoms with Crippen molar-refractivity contribution in [2.75, 3.05) is 19.8 Å². The van der Waals surface area contributed by atoms with Crippen LogP contribution in [0.15, 0.2) is 30.3 Å². The lowest BCUT2D eigenvalue weighted by Crippen LogP contribution is -2.34. The smallest absolute Gasteiger partial charge is 0.340 e. The average Bonchev–Trinajstić information content (AvgIpc) is 3.28. The molecule has 28 heavy (non-hydrogen) atoms. The Hall–Kier alpha value is -2.60. The number of nitrogens with zero attached hydrogens (tertiary/aromatic N) is 1. The number of aromatic nitrogens is 1. The van der Waals surface area contributed by atoms with E-state index in [1.54, 1.807) is 6.92 Å². The van der Waals surface area contributed by atoms with Gasteiger partial charge in [-0.05, 0) is 44.7 Å². The molecule has 0 radical (unpaired) electrons. The number of benzene rings is 1. The highest BCUT2D eigenvalue weighted by Gasteiger charge is 2.25. The van der Waals surface area contributed by atoms with Crippen molar-refractivity contribution in [2.45, 2.75) is 46.3 Å². The van der Waals surface area contributed by atoms with E-state index in [9.17, 15) is 9.59 Å². The summed E-state index contributed by atoms with van der Waals surface area (Å²) in [6.45, 7) is 7.28. The summed E-state index contributed by atoms with van der Waals surface area (Å²) in [7, 11) is 0. The summed E-state index contributed by atoms with van der Waals surface area (Å²) in [6, 6.07) is 9.81. The maximum Gasteiger partial charge on any atom is 0.340 e. The first-order valence-corrected chi connectivity index (χ1v) is 9.83. The molecule has 0 bridgehead atoms. The lowest BCUT2D eigenvalue weighted by Gasteiger charge is -2.15. The van der Waals surface area contributed by atoms with Crippen LogP contribution in [0, 0.1) is 13.8 Å². The van der Waals surface area contributed by atoms with Crippen LogP contribution in [0.1, 0.15) is 41.4 Å². The number of carbonyl (C=O) groups is 2. The highest BCUT2D eigenvalue weighted by Crippen LogP contribution is 2.31. The van der Waals surface area contributed by atoms with E-state index in [2.05, 4.69) is 5.32 Å². The van der Waals surface area contributed by atoms with Gasteiger partial charge in [0.2, 0.25) is 5.91 Å². The zero-order valence-corrected chi connectivity index (χ0v) is 16.8. The normalized spacial score (nSPS) is 16.2. The van der Waals surface area contributed by atoms with E-state index in [4.69, 9.17) is 9.47 Å². The van der Waals surface area contributed by atoms with Crippen molar-refractivity contribution in [3.05, 3.63) is 47.2 Å². The fourth-order valence-electron chi connectivity index (χ4n) is 3.80. The predicted octanol–water partition coefficient (Wildman–Crippen LogP) is 3.24. The zero-order valence-electron chi connectivity index (χ0n) is 16.8. The van der Waals surface area contributed by atoms with E-state index in [1.807, 2.05) is 48.7 Å². The summed E-state index contributed by atoms with van der Waals surface area (Å²) in [5.41, 5.74) is 3.93. The van der Waals surface area contributed by atoms with Crippen molar-refractivity contribution in [2.24, 2.45) is 0 Å². The SMILES string of the molecule is CCOC(=O)c1c(C)c(-c2ccccc2)n(CC(=O)NC[C@@H]2CCCO2)c1C. The monoisotopic (exact) mass is 384 g/mol. The number of hydrogen-bond acceptors (Lipinski definition) is 4. The van der Waals surface area contributed by atoms with Gasteiger partial charge in [-0.1, -0.05) is 30.3 Å². The van der Waals surface area contributed by atoms with E-state index in [0.717, 1.165) is 42.0 Å². The van der Waals surface area contributed by atoms with Crippen molar-refractivity contribution >= 4 is 11.9 Å². The van der Waals surface area contributed by atoms with Gasteiger partial charge in [0.15, 0.2) is 0 Å². The molecule has 150 valence electrons. The molecule has 2 aromatic rings. The first-order chi connectivity index (χ1) is 13.5. The molecule has 1 aromatic heterocycles. The summed E-state index contributed by atoms with van der Waals surface area (Å²) >= 11 is 0. The molecular weight excluding hydrogens is 356 g/mol. The molecule has 2 heterocycles. The third kappa shape index (κ3) is 4.28. The first kappa shape index (κ1) is 20.1. The number of nitrogens with one attached hydrogen (secondary N) is 1. The van der Waals surface area contributed by atoms with Gasteiger partial charge in [-0.2, -0.15) is 0 Å². The molecule has 0 saturated carbocycles. The summed E-state index contributed by atoms with van der Waals surface area (Å²) in [5.74, 6) is -0.450. The fraction of sp³-hybridized carbons (Fsp3) is 0.455. The summed E-state index contributed by atoms with van der Waals surface area (Å²) in [6.07, 6.45) is 2.11. The molecule has 1 atom stereocenters. The van der Waals surface area contributed by atoms with Crippen LogP contribution in [0.2, 0.25) is 0 Å². The van der Waals surface area contributed by atoms with Gasteiger partial charge in [-0.15, -0.1) is 0 Å². The third-order valence-electron chi connectivity index (χ3n) is 5.15. The Kier molecular flexibility index (Phi) is 6.52. The minimum absolute atomic E-state index is 0.0961. The lowest BCUT2D eigenvalue weighted by molar-refractivity contribution is -0.122. The minimum Gasteiger partial charge on any atom is -0.462 e. The first-order valence-electron chi connectivity index (χ1n) is 9.83. The molecule has 1 aromatic carbocycles. The maximum absolute atomic E-state index is 12.6. The molecule has 6 heteroatoms. The van der Waals surface area contributed by atoms with Gasteiger partial charge < -0.3 is 19.4 Å². The Morgan fingerprint density at radius 1 is 1.25 bits per heavy atom. The second kappa shape index (κ2) is 9.06. The van der Waals surface area contributed by atoms with Crippen LogP contribution in [-0.4, -0.2) is 42.3 Å². The lowest BCUT2D eigenvalue weighted by atomic mass is 10.1. The van der Waals surface area contributed by atoms with Gasteiger partial charge in [-0.25, -0.2) is 4.79 Å². The predicted molar refractivity (Wildman–Crippen MR) is 107 cm³/mol. The van der Waals surface area contributed by atoms with Crippen molar-refractivity contribution < 1.29 is 19.1 Å². The molecule has 1 aliphatic heterocycles. The van der Waals surface area contributed by atoms with Gasteiger partial charge in [0.1, 0.15) is 6.54 Å². The highest BCUT2D eigenvalue weighted by molar-refractivity contribution is 5.95. The van der Waals surface area contributed by atoms with Crippen molar-refractivity contribution in [1.29, 1.82) is 0 Å². The van der Waals surface area contributed by atoms with Crippen LogP contribution < -0.4 is 5.32 Å². The molecule has 0 aliphatic carbocycles. The maximum atomic E-state index is 12.6. The van der Waals surface area contributed by atoms with Gasteiger partial charge in [0, 0.05) is 18.8 Å². The largest absolute Gasteiger partial charge is 0.462 e. The molecule has 3 rings (SSSR count). The molecule has 0 spiro atoms. The summed E-state index contributed by atoms with van der Waals surface area (Å²) < 4.78 is 12.7. The van der Waals surface area contributed by atoms with Crippen LogP contribution in [0.5, 0.6) is 0 Å². The highest BCUT2D eigenvalue weighted by atomic mass is 16.5. The zero-order chi connectivity index (χ0) is 20.1. The molecule has 1 saturated heterocycles. The number of hydrogen-bond donors (Lipinski definition) is 1. The number of rotatable bonds is 7. The Morgan fingerprint density at radius 3 is 2.64 bits per heavy atom. The van der Waals surface area contributed by atoms with Crippen LogP contribution in [-0.2, 0) is 20.8 Å².